The minimum atomic E-state index is 0.277. The summed E-state index contributed by atoms with van der Waals surface area (Å²) in [5, 5.41) is 6.08. The SMILES string of the molecule is CC(C)c1csc(Nc2cccnc2C(N)=S)n1. The quantitative estimate of drug-likeness (QED) is 0.842. The van der Waals surface area contributed by atoms with Gasteiger partial charge >= 0.3 is 0 Å². The Hall–Kier alpha value is -1.53. The summed E-state index contributed by atoms with van der Waals surface area (Å²) in [5.41, 5.74) is 8.08. The maximum atomic E-state index is 5.63. The molecule has 2 heterocycles. The number of nitrogens with zero attached hydrogens (tertiary/aromatic N) is 2. The summed E-state index contributed by atoms with van der Waals surface area (Å²) in [5.74, 6) is 0.417. The lowest BCUT2D eigenvalue weighted by Crippen LogP contribution is -2.13. The van der Waals surface area contributed by atoms with Gasteiger partial charge in [-0.05, 0) is 18.1 Å². The van der Waals surface area contributed by atoms with Crippen LogP contribution in [0.25, 0.3) is 0 Å². The molecule has 18 heavy (non-hydrogen) atoms. The van der Waals surface area contributed by atoms with Crippen molar-refractivity contribution in [2.24, 2.45) is 5.73 Å². The molecule has 2 aromatic heterocycles. The summed E-state index contributed by atoms with van der Waals surface area (Å²) in [6, 6.07) is 3.72. The third kappa shape index (κ3) is 2.83. The Balaban J connectivity index is 2.25. The Labute approximate surface area is 115 Å². The zero-order chi connectivity index (χ0) is 13.1. The predicted octanol–water partition coefficient (Wildman–Crippen LogP) is 3.04. The smallest absolute Gasteiger partial charge is 0.187 e. The molecule has 94 valence electrons. The number of nitrogens with one attached hydrogen (secondary N) is 1. The topological polar surface area (TPSA) is 63.8 Å². The van der Waals surface area contributed by atoms with E-state index in [4.69, 9.17) is 18.0 Å². The summed E-state index contributed by atoms with van der Waals surface area (Å²) in [6.45, 7) is 4.23. The van der Waals surface area contributed by atoms with Gasteiger partial charge in [-0.3, -0.25) is 4.98 Å². The van der Waals surface area contributed by atoms with Crippen molar-refractivity contribution < 1.29 is 0 Å². The summed E-state index contributed by atoms with van der Waals surface area (Å²) in [7, 11) is 0. The van der Waals surface area contributed by atoms with Crippen molar-refractivity contribution >= 4 is 39.4 Å². The molecule has 0 fully saturated rings. The van der Waals surface area contributed by atoms with Gasteiger partial charge < -0.3 is 11.1 Å². The van der Waals surface area contributed by atoms with Crippen molar-refractivity contribution in [1.82, 2.24) is 9.97 Å². The van der Waals surface area contributed by atoms with E-state index in [0.717, 1.165) is 16.5 Å². The van der Waals surface area contributed by atoms with Gasteiger partial charge in [0.2, 0.25) is 0 Å². The van der Waals surface area contributed by atoms with Gasteiger partial charge in [0.25, 0.3) is 0 Å². The largest absolute Gasteiger partial charge is 0.388 e. The molecule has 0 aliphatic carbocycles. The second-order valence-corrected chi connectivity index (χ2v) is 5.42. The molecule has 0 aliphatic rings. The van der Waals surface area contributed by atoms with Crippen molar-refractivity contribution in [3.8, 4) is 0 Å². The van der Waals surface area contributed by atoms with Crippen LogP contribution < -0.4 is 11.1 Å². The molecule has 0 amide bonds. The van der Waals surface area contributed by atoms with E-state index in [1.807, 2.05) is 17.5 Å². The number of nitrogens with two attached hydrogens (primary N) is 1. The minimum Gasteiger partial charge on any atom is -0.388 e. The molecule has 0 aromatic carbocycles. The number of thiazole rings is 1. The molecule has 4 nitrogen and oxygen atoms in total. The van der Waals surface area contributed by atoms with Crippen molar-refractivity contribution in [2.45, 2.75) is 19.8 Å². The standard InChI is InChI=1S/C12H14N4S2/c1-7(2)9-6-18-12(16-9)15-8-4-3-5-14-10(8)11(13)17/h3-7H,1-2H3,(H2,13,17)(H,15,16). The predicted molar refractivity (Wildman–Crippen MR) is 79.6 cm³/mol. The first kappa shape index (κ1) is 12.9. The summed E-state index contributed by atoms with van der Waals surface area (Å²) < 4.78 is 0. The molecule has 2 rings (SSSR count). The second kappa shape index (κ2) is 5.41. The average molecular weight is 278 g/mol. The minimum absolute atomic E-state index is 0.277. The van der Waals surface area contributed by atoms with Crippen LogP contribution in [0.15, 0.2) is 23.7 Å². The highest BCUT2D eigenvalue weighted by molar-refractivity contribution is 7.80. The van der Waals surface area contributed by atoms with Crippen molar-refractivity contribution in [2.75, 3.05) is 5.32 Å². The van der Waals surface area contributed by atoms with E-state index in [9.17, 15) is 0 Å². The van der Waals surface area contributed by atoms with Crippen molar-refractivity contribution in [3.63, 3.8) is 0 Å². The number of aromatic nitrogens is 2. The summed E-state index contributed by atoms with van der Waals surface area (Å²) >= 11 is 6.53. The molecule has 3 N–H and O–H groups in total. The lowest BCUT2D eigenvalue weighted by atomic mass is 10.2. The van der Waals surface area contributed by atoms with Crippen LogP contribution in [0, 0.1) is 0 Å². The van der Waals surface area contributed by atoms with Crippen LogP contribution in [0.5, 0.6) is 0 Å². The number of hydrogen-bond donors (Lipinski definition) is 2. The fraction of sp³-hybridized carbons (Fsp3) is 0.250. The van der Waals surface area contributed by atoms with Crippen molar-refractivity contribution in [3.05, 3.63) is 35.1 Å². The summed E-state index contributed by atoms with van der Waals surface area (Å²) in [4.78, 5) is 8.94. The van der Waals surface area contributed by atoms with E-state index in [1.54, 1.807) is 17.5 Å². The monoisotopic (exact) mass is 278 g/mol. The molecule has 6 heteroatoms. The fourth-order valence-corrected chi connectivity index (χ4v) is 2.47. The Morgan fingerprint density at radius 1 is 1.50 bits per heavy atom. The van der Waals surface area contributed by atoms with Gasteiger partial charge in [0.1, 0.15) is 10.7 Å². The molecule has 0 radical (unpaired) electrons. The van der Waals surface area contributed by atoms with Gasteiger partial charge in [0.05, 0.1) is 11.4 Å². The normalized spacial score (nSPS) is 10.6. The zero-order valence-electron chi connectivity index (χ0n) is 10.2. The third-order valence-electron chi connectivity index (χ3n) is 2.40. The maximum Gasteiger partial charge on any atom is 0.187 e. The molecule has 0 unspecified atom stereocenters. The summed E-state index contributed by atoms with van der Waals surface area (Å²) in [6.07, 6.45) is 1.67. The lowest BCUT2D eigenvalue weighted by Gasteiger charge is -2.07. The van der Waals surface area contributed by atoms with E-state index in [0.29, 0.717) is 11.6 Å². The molecule has 0 spiro atoms. The molecular weight excluding hydrogens is 264 g/mol. The van der Waals surface area contributed by atoms with Crippen LogP contribution in [-0.4, -0.2) is 15.0 Å². The van der Waals surface area contributed by atoms with Gasteiger partial charge in [-0.15, -0.1) is 11.3 Å². The van der Waals surface area contributed by atoms with Gasteiger partial charge in [-0.1, -0.05) is 26.1 Å². The van der Waals surface area contributed by atoms with Gasteiger partial charge in [0, 0.05) is 11.6 Å². The van der Waals surface area contributed by atoms with E-state index in [1.165, 1.54) is 0 Å². The van der Waals surface area contributed by atoms with Crippen LogP contribution in [0.1, 0.15) is 31.2 Å². The molecule has 0 atom stereocenters. The van der Waals surface area contributed by atoms with Crippen LogP contribution in [0.4, 0.5) is 10.8 Å². The van der Waals surface area contributed by atoms with Gasteiger partial charge in [-0.2, -0.15) is 0 Å². The van der Waals surface area contributed by atoms with Crippen LogP contribution in [0.3, 0.4) is 0 Å². The Kier molecular flexibility index (Phi) is 3.88. The number of pyridine rings is 1. The van der Waals surface area contributed by atoms with E-state index in [-0.39, 0.29) is 4.99 Å². The van der Waals surface area contributed by atoms with Crippen LogP contribution in [-0.2, 0) is 0 Å². The Bertz CT molecular complexity index is 563. The molecular formula is C12H14N4S2. The maximum absolute atomic E-state index is 5.63. The Morgan fingerprint density at radius 2 is 2.28 bits per heavy atom. The first-order valence-corrected chi connectivity index (χ1v) is 6.84. The first-order chi connectivity index (χ1) is 8.58. The highest BCUT2D eigenvalue weighted by Crippen LogP contribution is 2.25. The van der Waals surface area contributed by atoms with Gasteiger partial charge in [-0.25, -0.2) is 4.98 Å². The highest BCUT2D eigenvalue weighted by atomic mass is 32.1. The molecule has 0 saturated carbocycles. The number of hydrogen-bond acceptors (Lipinski definition) is 5. The average Bonchev–Trinajstić information content (AvgIpc) is 2.78. The second-order valence-electron chi connectivity index (χ2n) is 4.12. The Morgan fingerprint density at radius 3 is 2.89 bits per heavy atom. The molecule has 0 saturated heterocycles. The first-order valence-electron chi connectivity index (χ1n) is 5.55. The molecule has 0 bridgehead atoms. The van der Waals surface area contributed by atoms with E-state index >= 15 is 0 Å². The van der Waals surface area contributed by atoms with E-state index in [2.05, 4.69) is 29.1 Å². The number of anilines is 2. The molecule has 2 aromatic rings. The van der Waals surface area contributed by atoms with E-state index < -0.39 is 0 Å². The fourth-order valence-electron chi connectivity index (χ4n) is 1.43. The zero-order valence-corrected chi connectivity index (χ0v) is 11.8. The van der Waals surface area contributed by atoms with Crippen LogP contribution >= 0.6 is 23.6 Å². The third-order valence-corrected chi connectivity index (χ3v) is 3.37. The highest BCUT2D eigenvalue weighted by Gasteiger charge is 2.09. The number of thiocarbonyl (C=S) groups is 1. The number of rotatable bonds is 4. The molecule has 0 aliphatic heterocycles. The lowest BCUT2D eigenvalue weighted by molar-refractivity contribution is 0.834. The van der Waals surface area contributed by atoms with Gasteiger partial charge in [0.15, 0.2) is 5.13 Å². The van der Waals surface area contributed by atoms with Crippen LogP contribution in [0.2, 0.25) is 0 Å². The van der Waals surface area contributed by atoms with Crippen molar-refractivity contribution in [1.29, 1.82) is 0 Å².